The molecule has 0 aliphatic heterocycles. The molecule has 2 heteroatoms. The SMILES string of the molecule is NC1(CO)CC2CCCCC2C1. The molecule has 2 rings (SSSR count). The molecular formula is C10H19NO. The predicted octanol–water partition coefficient (Wildman–Crippen LogP) is 1.28. The zero-order chi connectivity index (χ0) is 8.60. The van der Waals surface area contributed by atoms with E-state index in [1.165, 1.54) is 25.7 Å². The van der Waals surface area contributed by atoms with Crippen LogP contribution in [-0.4, -0.2) is 17.3 Å². The van der Waals surface area contributed by atoms with Crippen LogP contribution in [0.15, 0.2) is 0 Å². The Labute approximate surface area is 74.1 Å². The Kier molecular flexibility index (Phi) is 2.13. The van der Waals surface area contributed by atoms with Gasteiger partial charge in [-0.15, -0.1) is 0 Å². The van der Waals surface area contributed by atoms with Gasteiger partial charge in [0.1, 0.15) is 0 Å². The van der Waals surface area contributed by atoms with E-state index in [-0.39, 0.29) is 12.1 Å². The molecule has 0 spiro atoms. The van der Waals surface area contributed by atoms with Gasteiger partial charge in [-0.05, 0) is 24.7 Å². The Balaban J connectivity index is 2.02. The van der Waals surface area contributed by atoms with Gasteiger partial charge in [0, 0.05) is 5.54 Å². The van der Waals surface area contributed by atoms with Crippen LogP contribution in [0.25, 0.3) is 0 Å². The third-order valence-electron chi connectivity index (χ3n) is 3.72. The maximum Gasteiger partial charge on any atom is 0.0611 e. The normalized spacial score (nSPS) is 47.5. The lowest BCUT2D eigenvalue weighted by Crippen LogP contribution is -2.41. The number of rotatable bonds is 1. The number of fused-ring (bicyclic) bond motifs is 1. The smallest absolute Gasteiger partial charge is 0.0611 e. The van der Waals surface area contributed by atoms with Gasteiger partial charge in [-0.3, -0.25) is 0 Å². The third-order valence-corrected chi connectivity index (χ3v) is 3.72. The van der Waals surface area contributed by atoms with Gasteiger partial charge < -0.3 is 10.8 Å². The first kappa shape index (κ1) is 8.52. The standard InChI is InChI=1S/C10H19NO/c11-10(7-12)5-8-3-1-2-4-9(8)6-10/h8-9,12H,1-7,11H2. The summed E-state index contributed by atoms with van der Waals surface area (Å²) in [5.41, 5.74) is 5.85. The summed E-state index contributed by atoms with van der Waals surface area (Å²) in [4.78, 5) is 0. The molecule has 2 nitrogen and oxygen atoms in total. The highest BCUT2D eigenvalue weighted by Crippen LogP contribution is 2.45. The van der Waals surface area contributed by atoms with Gasteiger partial charge in [0.05, 0.1) is 6.61 Å². The molecule has 0 amide bonds. The van der Waals surface area contributed by atoms with E-state index in [0.29, 0.717) is 0 Å². The Morgan fingerprint density at radius 3 is 2.08 bits per heavy atom. The summed E-state index contributed by atoms with van der Waals surface area (Å²) in [5, 5.41) is 9.15. The molecule has 2 aliphatic carbocycles. The molecule has 2 fully saturated rings. The number of aliphatic hydroxyl groups is 1. The second-order valence-corrected chi connectivity index (χ2v) is 4.73. The van der Waals surface area contributed by atoms with Crippen molar-refractivity contribution < 1.29 is 5.11 Å². The molecule has 12 heavy (non-hydrogen) atoms. The summed E-state index contributed by atoms with van der Waals surface area (Å²) in [5.74, 6) is 1.66. The van der Waals surface area contributed by atoms with Gasteiger partial charge >= 0.3 is 0 Å². The Morgan fingerprint density at radius 2 is 1.67 bits per heavy atom. The molecule has 0 bridgehead atoms. The van der Waals surface area contributed by atoms with Gasteiger partial charge in [-0.1, -0.05) is 25.7 Å². The fraction of sp³-hybridized carbons (Fsp3) is 1.00. The van der Waals surface area contributed by atoms with E-state index in [0.717, 1.165) is 24.7 Å². The molecule has 0 saturated heterocycles. The molecule has 2 atom stereocenters. The van der Waals surface area contributed by atoms with E-state index in [2.05, 4.69) is 0 Å². The molecule has 0 aromatic heterocycles. The van der Waals surface area contributed by atoms with Crippen LogP contribution in [0.1, 0.15) is 38.5 Å². The Hall–Kier alpha value is -0.0800. The summed E-state index contributed by atoms with van der Waals surface area (Å²) in [6.45, 7) is 0.181. The molecule has 0 aromatic carbocycles. The molecule has 70 valence electrons. The zero-order valence-electron chi connectivity index (χ0n) is 7.63. The quantitative estimate of drug-likeness (QED) is 0.621. The van der Waals surface area contributed by atoms with Crippen molar-refractivity contribution in [2.45, 2.75) is 44.1 Å². The van der Waals surface area contributed by atoms with Crippen molar-refractivity contribution in [2.75, 3.05) is 6.61 Å². The Morgan fingerprint density at radius 1 is 1.17 bits per heavy atom. The van der Waals surface area contributed by atoms with Crippen LogP contribution in [0.3, 0.4) is 0 Å². The van der Waals surface area contributed by atoms with Gasteiger partial charge in [0.25, 0.3) is 0 Å². The van der Waals surface area contributed by atoms with E-state index in [4.69, 9.17) is 10.8 Å². The average molecular weight is 169 g/mol. The number of hydrogen-bond donors (Lipinski definition) is 2. The minimum absolute atomic E-state index is 0.181. The van der Waals surface area contributed by atoms with E-state index in [1.54, 1.807) is 0 Å². The van der Waals surface area contributed by atoms with Gasteiger partial charge in [0.2, 0.25) is 0 Å². The minimum atomic E-state index is -0.223. The fourth-order valence-electron chi connectivity index (χ4n) is 3.08. The first-order valence-corrected chi connectivity index (χ1v) is 5.13. The summed E-state index contributed by atoms with van der Waals surface area (Å²) in [6.07, 6.45) is 7.58. The second-order valence-electron chi connectivity index (χ2n) is 4.73. The molecule has 2 aliphatic rings. The Bertz CT molecular complexity index is 155. The van der Waals surface area contributed by atoms with Crippen LogP contribution < -0.4 is 5.73 Å². The number of hydrogen-bond acceptors (Lipinski definition) is 2. The van der Waals surface area contributed by atoms with E-state index in [1.807, 2.05) is 0 Å². The second kappa shape index (κ2) is 3.00. The first-order chi connectivity index (χ1) is 5.73. The van der Waals surface area contributed by atoms with Crippen molar-refractivity contribution in [1.29, 1.82) is 0 Å². The van der Waals surface area contributed by atoms with Crippen molar-refractivity contribution in [1.82, 2.24) is 0 Å². The highest BCUT2D eigenvalue weighted by molar-refractivity contribution is 4.98. The van der Waals surface area contributed by atoms with Crippen molar-refractivity contribution >= 4 is 0 Å². The summed E-state index contributed by atoms with van der Waals surface area (Å²) in [7, 11) is 0. The van der Waals surface area contributed by atoms with Crippen LogP contribution in [-0.2, 0) is 0 Å². The lowest BCUT2D eigenvalue weighted by atomic mass is 9.82. The van der Waals surface area contributed by atoms with Gasteiger partial charge in [0.15, 0.2) is 0 Å². The van der Waals surface area contributed by atoms with Crippen LogP contribution >= 0.6 is 0 Å². The maximum atomic E-state index is 9.15. The van der Waals surface area contributed by atoms with Crippen LogP contribution in [0.5, 0.6) is 0 Å². The predicted molar refractivity (Wildman–Crippen MR) is 48.7 cm³/mol. The maximum absolute atomic E-state index is 9.15. The van der Waals surface area contributed by atoms with Crippen molar-refractivity contribution in [3.63, 3.8) is 0 Å². The van der Waals surface area contributed by atoms with E-state index >= 15 is 0 Å². The largest absolute Gasteiger partial charge is 0.394 e. The van der Waals surface area contributed by atoms with E-state index < -0.39 is 0 Å². The molecule has 0 radical (unpaired) electrons. The lowest BCUT2D eigenvalue weighted by molar-refractivity contribution is 0.194. The van der Waals surface area contributed by atoms with Crippen molar-refractivity contribution in [3.8, 4) is 0 Å². The molecule has 2 unspecified atom stereocenters. The molecule has 0 aromatic rings. The van der Waals surface area contributed by atoms with Crippen LogP contribution in [0.4, 0.5) is 0 Å². The van der Waals surface area contributed by atoms with Gasteiger partial charge in [-0.25, -0.2) is 0 Å². The topological polar surface area (TPSA) is 46.2 Å². The highest BCUT2D eigenvalue weighted by Gasteiger charge is 2.42. The molecule has 0 heterocycles. The van der Waals surface area contributed by atoms with Crippen LogP contribution in [0.2, 0.25) is 0 Å². The summed E-state index contributed by atoms with van der Waals surface area (Å²) >= 11 is 0. The summed E-state index contributed by atoms with van der Waals surface area (Å²) in [6, 6.07) is 0. The highest BCUT2D eigenvalue weighted by atomic mass is 16.3. The first-order valence-electron chi connectivity index (χ1n) is 5.13. The molecule has 2 saturated carbocycles. The van der Waals surface area contributed by atoms with Crippen molar-refractivity contribution in [3.05, 3.63) is 0 Å². The number of aliphatic hydroxyl groups excluding tert-OH is 1. The molecule has 3 N–H and O–H groups in total. The minimum Gasteiger partial charge on any atom is -0.394 e. The average Bonchev–Trinajstić information content (AvgIpc) is 2.42. The monoisotopic (exact) mass is 169 g/mol. The van der Waals surface area contributed by atoms with Gasteiger partial charge in [-0.2, -0.15) is 0 Å². The molecular weight excluding hydrogens is 150 g/mol. The lowest BCUT2D eigenvalue weighted by Gasteiger charge is -2.23. The van der Waals surface area contributed by atoms with Crippen molar-refractivity contribution in [2.24, 2.45) is 17.6 Å². The number of nitrogens with two attached hydrogens (primary N) is 1. The summed E-state index contributed by atoms with van der Waals surface area (Å²) < 4.78 is 0. The fourth-order valence-corrected chi connectivity index (χ4v) is 3.08. The zero-order valence-corrected chi connectivity index (χ0v) is 7.63. The van der Waals surface area contributed by atoms with Crippen LogP contribution in [0, 0.1) is 11.8 Å². The van der Waals surface area contributed by atoms with E-state index in [9.17, 15) is 0 Å². The third kappa shape index (κ3) is 1.38.